The molecule has 21 heavy (non-hydrogen) atoms. The van der Waals surface area contributed by atoms with E-state index in [2.05, 4.69) is 13.2 Å². The molecule has 0 fully saturated rings. The molecule has 0 saturated carbocycles. The maximum absolute atomic E-state index is 11.7. The van der Waals surface area contributed by atoms with Gasteiger partial charge in [-0.2, -0.15) is 0 Å². The second-order valence-electron chi connectivity index (χ2n) is 4.79. The lowest BCUT2D eigenvalue weighted by Gasteiger charge is -2.12. The third kappa shape index (κ3) is 3.40. The smallest absolute Gasteiger partial charge is 0.156 e. The highest BCUT2D eigenvalue weighted by atomic mass is 16.5. The molecule has 0 bridgehead atoms. The first kappa shape index (κ1) is 16.7. The van der Waals surface area contributed by atoms with Crippen LogP contribution in [0.25, 0.3) is 18.0 Å². The zero-order valence-corrected chi connectivity index (χ0v) is 13.0. The van der Waals surface area contributed by atoms with Gasteiger partial charge in [0.25, 0.3) is 0 Å². The maximum Gasteiger partial charge on any atom is 0.156 e. The van der Waals surface area contributed by atoms with Crippen LogP contribution >= 0.6 is 0 Å². The molecule has 0 aromatic carbocycles. The number of hydrogen-bond acceptors (Lipinski definition) is 3. The number of aromatic nitrogens is 1. The minimum Gasteiger partial charge on any atom is -0.496 e. The van der Waals surface area contributed by atoms with Crippen LogP contribution in [0.15, 0.2) is 25.4 Å². The fourth-order valence-electron chi connectivity index (χ4n) is 2.15. The number of rotatable bonds is 7. The SMILES string of the molecule is C=Cc1c(/C(=C/C(C)=O)OC)c(C(C)C(C)=O)cn1C=C. The number of ether oxygens (including phenoxy) is 1. The fourth-order valence-corrected chi connectivity index (χ4v) is 2.15. The number of ketones is 2. The van der Waals surface area contributed by atoms with E-state index in [1.165, 1.54) is 27.0 Å². The van der Waals surface area contributed by atoms with Gasteiger partial charge in [0.2, 0.25) is 0 Å². The fraction of sp³-hybridized carbons (Fsp3) is 0.294. The minimum absolute atomic E-state index is 0.0337. The summed E-state index contributed by atoms with van der Waals surface area (Å²) in [5, 5.41) is 0. The quantitative estimate of drug-likeness (QED) is 0.569. The Labute approximate surface area is 125 Å². The van der Waals surface area contributed by atoms with Gasteiger partial charge in [-0.1, -0.05) is 20.1 Å². The maximum atomic E-state index is 11.7. The summed E-state index contributed by atoms with van der Waals surface area (Å²) in [6.07, 6.45) is 6.50. The second kappa shape index (κ2) is 6.88. The van der Waals surface area contributed by atoms with Crippen LogP contribution < -0.4 is 0 Å². The van der Waals surface area contributed by atoms with Crippen molar-refractivity contribution >= 4 is 29.6 Å². The van der Waals surface area contributed by atoms with Crippen LogP contribution in [0.2, 0.25) is 0 Å². The highest BCUT2D eigenvalue weighted by molar-refractivity contribution is 5.96. The summed E-state index contributed by atoms with van der Waals surface area (Å²) in [5.41, 5.74) is 2.22. The first-order valence-electron chi connectivity index (χ1n) is 6.64. The average Bonchev–Trinajstić information content (AvgIpc) is 2.81. The van der Waals surface area contributed by atoms with E-state index < -0.39 is 0 Å². The topological polar surface area (TPSA) is 48.3 Å². The van der Waals surface area contributed by atoms with Crippen LogP contribution in [0, 0.1) is 0 Å². The summed E-state index contributed by atoms with van der Waals surface area (Å²) < 4.78 is 7.12. The molecule has 0 spiro atoms. The number of allylic oxidation sites excluding steroid dienone is 1. The van der Waals surface area contributed by atoms with Crippen molar-refractivity contribution in [3.63, 3.8) is 0 Å². The number of carbonyl (C=O) groups excluding carboxylic acids is 2. The molecule has 4 nitrogen and oxygen atoms in total. The van der Waals surface area contributed by atoms with Crippen LogP contribution in [-0.2, 0) is 14.3 Å². The Balaban J connectivity index is 3.69. The van der Waals surface area contributed by atoms with Gasteiger partial charge in [0.05, 0.1) is 12.8 Å². The lowest BCUT2D eigenvalue weighted by molar-refractivity contribution is -0.118. The number of Topliss-reactive ketones (excluding diaryl/α,β-unsaturated/α-hetero) is 1. The molecule has 1 aromatic rings. The third-order valence-electron chi connectivity index (χ3n) is 3.37. The molecule has 0 aliphatic heterocycles. The zero-order valence-electron chi connectivity index (χ0n) is 13.0. The summed E-state index contributed by atoms with van der Waals surface area (Å²) in [5.74, 6) is 0.00695. The van der Waals surface area contributed by atoms with E-state index in [1.54, 1.807) is 16.8 Å². The van der Waals surface area contributed by atoms with Crippen molar-refractivity contribution in [2.75, 3.05) is 7.11 Å². The summed E-state index contributed by atoms with van der Waals surface area (Å²) in [6.45, 7) is 12.3. The lowest BCUT2D eigenvalue weighted by atomic mass is 9.94. The highest BCUT2D eigenvalue weighted by Gasteiger charge is 2.23. The van der Waals surface area contributed by atoms with E-state index in [0.29, 0.717) is 11.3 Å². The molecule has 4 heteroatoms. The van der Waals surface area contributed by atoms with E-state index in [0.717, 1.165) is 11.3 Å². The van der Waals surface area contributed by atoms with Gasteiger partial charge in [-0.15, -0.1) is 0 Å². The van der Waals surface area contributed by atoms with Gasteiger partial charge >= 0.3 is 0 Å². The summed E-state index contributed by atoms with van der Waals surface area (Å²) in [7, 11) is 1.50. The Hall–Kier alpha value is -2.36. The molecule has 1 atom stereocenters. The third-order valence-corrected chi connectivity index (χ3v) is 3.37. The predicted octanol–water partition coefficient (Wildman–Crippen LogP) is 3.50. The van der Waals surface area contributed by atoms with Gasteiger partial charge in [-0.3, -0.25) is 9.59 Å². The molecule has 1 rings (SSSR count). The Morgan fingerprint density at radius 3 is 2.33 bits per heavy atom. The van der Waals surface area contributed by atoms with Crippen molar-refractivity contribution in [3.05, 3.63) is 42.3 Å². The van der Waals surface area contributed by atoms with Crippen LogP contribution in [0.4, 0.5) is 0 Å². The van der Waals surface area contributed by atoms with Gasteiger partial charge in [0.1, 0.15) is 11.5 Å². The first-order chi connectivity index (χ1) is 9.87. The van der Waals surface area contributed by atoms with E-state index >= 15 is 0 Å². The largest absolute Gasteiger partial charge is 0.496 e. The van der Waals surface area contributed by atoms with Crippen LogP contribution in [-0.4, -0.2) is 23.2 Å². The molecule has 1 unspecified atom stereocenters. The molecule has 0 amide bonds. The van der Waals surface area contributed by atoms with Gasteiger partial charge in [0.15, 0.2) is 5.78 Å². The molecule has 0 aliphatic carbocycles. The number of nitrogens with zero attached hydrogens (tertiary/aromatic N) is 1. The van der Waals surface area contributed by atoms with E-state index in [9.17, 15) is 9.59 Å². The Morgan fingerprint density at radius 1 is 1.33 bits per heavy atom. The monoisotopic (exact) mass is 287 g/mol. The lowest BCUT2D eigenvalue weighted by Crippen LogP contribution is -2.06. The van der Waals surface area contributed by atoms with Crippen LogP contribution in [0.1, 0.15) is 43.5 Å². The summed E-state index contributed by atoms with van der Waals surface area (Å²) in [4.78, 5) is 23.1. The van der Waals surface area contributed by atoms with E-state index in [-0.39, 0.29) is 17.5 Å². The zero-order chi connectivity index (χ0) is 16.2. The Bertz CT molecular complexity index is 620. The van der Waals surface area contributed by atoms with Crippen molar-refractivity contribution in [2.24, 2.45) is 0 Å². The second-order valence-corrected chi connectivity index (χ2v) is 4.79. The van der Waals surface area contributed by atoms with Crippen molar-refractivity contribution in [2.45, 2.75) is 26.7 Å². The molecule has 0 aliphatic rings. The van der Waals surface area contributed by atoms with Gasteiger partial charge < -0.3 is 9.30 Å². The van der Waals surface area contributed by atoms with E-state index in [1.807, 2.05) is 13.1 Å². The van der Waals surface area contributed by atoms with E-state index in [4.69, 9.17) is 4.74 Å². The first-order valence-corrected chi connectivity index (χ1v) is 6.64. The summed E-state index contributed by atoms with van der Waals surface area (Å²) in [6, 6.07) is 0. The van der Waals surface area contributed by atoms with Crippen LogP contribution in [0.3, 0.4) is 0 Å². The molecule has 0 N–H and O–H groups in total. The highest BCUT2D eigenvalue weighted by Crippen LogP contribution is 2.33. The molecule has 0 radical (unpaired) electrons. The molecule has 1 aromatic heterocycles. The predicted molar refractivity (Wildman–Crippen MR) is 85.7 cm³/mol. The number of carbonyl (C=O) groups is 2. The number of hydrogen-bond donors (Lipinski definition) is 0. The standard InChI is InChI=1S/C17H21NO3/c1-7-15-17(16(21-6)9-11(3)19)14(10-18(15)8-2)12(4)13(5)20/h7-10,12H,1-2H2,3-6H3/b16-9-. The molecule has 1 heterocycles. The van der Waals surface area contributed by atoms with Gasteiger partial charge in [-0.25, -0.2) is 0 Å². The van der Waals surface area contributed by atoms with Crippen molar-refractivity contribution in [3.8, 4) is 0 Å². The molecule has 0 saturated heterocycles. The minimum atomic E-state index is -0.314. The van der Waals surface area contributed by atoms with Crippen molar-refractivity contribution in [1.29, 1.82) is 0 Å². The molecule has 112 valence electrons. The average molecular weight is 287 g/mol. The van der Waals surface area contributed by atoms with Crippen molar-refractivity contribution in [1.82, 2.24) is 4.57 Å². The molecular formula is C17H21NO3. The Kier molecular flexibility index (Phi) is 5.47. The molecular weight excluding hydrogens is 266 g/mol. The van der Waals surface area contributed by atoms with Crippen molar-refractivity contribution < 1.29 is 14.3 Å². The van der Waals surface area contributed by atoms with Gasteiger partial charge in [-0.05, 0) is 25.5 Å². The number of methoxy groups -OCH3 is 1. The van der Waals surface area contributed by atoms with Gasteiger partial charge in [0, 0.05) is 30.0 Å². The van der Waals surface area contributed by atoms with Crippen LogP contribution in [0.5, 0.6) is 0 Å². The Morgan fingerprint density at radius 2 is 1.95 bits per heavy atom. The summed E-state index contributed by atoms with van der Waals surface area (Å²) >= 11 is 0. The normalized spacial score (nSPS) is 12.7.